The SMILES string of the molecule is COc1cc(C#N)ccc1Oc1cc(C(F)(F)F)c(Cl)cc1C(=O)O. The molecule has 0 saturated heterocycles. The molecular formula is C16H9ClF3NO4. The lowest BCUT2D eigenvalue weighted by molar-refractivity contribution is -0.137. The van der Waals surface area contributed by atoms with Gasteiger partial charge in [-0.05, 0) is 24.3 Å². The van der Waals surface area contributed by atoms with Gasteiger partial charge < -0.3 is 14.6 Å². The number of carboxylic acids is 1. The number of hydrogen-bond donors (Lipinski definition) is 1. The number of carboxylic acid groups (broad SMARTS) is 1. The summed E-state index contributed by atoms with van der Waals surface area (Å²) in [6.07, 6.45) is -4.79. The number of hydrogen-bond acceptors (Lipinski definition) is 4. The van der Waals surface area contributed by atoms with Gasteiger partial charge in [0.2, 0.25) is 0 Å². The third kappa shape index (κ3) is 3.95. The van der Waals surface area contributed by atoms with Gasteiger partial charge in [-0.2, -0.15) is 18.4 Å². The molecule has 0 unspecified atom stereocenters. The summed E-state index contributed by atoms with van der Waals surface area (Å²) in [6.45, 7) is 0. The normalized spacial score (nSPS) is 10.9. The molecule has 0 aliphatic rings. The Kier molecular flexibility index (Phi) is 5.09. The van der Waals surface area contributed by atoms with E-state index in [1.807, 2.05) is 6.07 Å². The van der Waals surface area contributed by atoms with Crippen LogP contribution in [-0.4, -0.2) is 18.2 Å². The number of methoxy groups -OCH3 is 1. The molecule has 0 saturated carbocycles. The van der Waals surface area contributed by atoms with E-state index in [0.29, 0.717) is 12.1 Å². The van der Waals surface area contributed by atoms with Crippen molar-refractivity contribution in [1.29, 1.82) is 5.26 Å². The quantitative estimate of drug-likeness (QED) is 0.840. The molecule has 0 aromatic heterocycles. The highest BCUT2D eigenvalue weighted by Crippen LogP contribution is 2.41. The van der Waals surface area contributed by atoms with Gasteiger partial charge in [0, 0.05) is 6.07 Å². The first-order valence-corrected chi connectivity index (χ1v) is 6.95. The summed E-state index contributed by atoms with van der Waals surface area (Å²) in [5, 5.41) is 17.3. The molecule has 9 heteroatoms. The van der Waals surface area contributed by atoms with Gasteiger partial charge in [-0.3, -0.25) is 0 Å². The van der Waals surface area contributed by atoms with Crippen molar-refractivity contribution in [3.8, 4) is 23.3 Å². The van der Waals surface area contributed by atoms with Crippen molar-refractivity contribution in [2.45, 2.75) is 6.18 Å². The fraction of sp³-hybridized carbons (Fsp3) is 0.125. The summed E-state index contributed by atoms with van der Waals surface area (Å²) in [6, 6.07) is 6.96. The van der Waals surface area contributed by atoms with Gasteiger partial charge in [-0.15, -0.1) is 0 Å². The average molecular weight is 372 g/mol. The minimum Gasteiger partial charge on any atom is -0.493 e. The van der Waals surface area contributed by atoms with Crippen LogP contribution in [0.5, 0.6) is 17.2 Å². The van der Waals surface area contributed by atoms with Gasteiger partial charge in [-0.25, -0.2) is 4.79 Å². The first kappa shape index (κ1) is 18.4. The summed E-state index contributed by atoms with van der Waals surface area (Å²) >= 11 is 5.53. The molecule has 2 rings (SSSR count). The summed E-state index contributed by atoms with van der Waals surface area (Å²) in [5.41, 5.74) is -1.55. The van der Waals surface area contributed by atoms with E-state index in [1.54, 1.807) is 0 Å². The minimum atomic E-state index is -4.79. The fourth-order valence-electron chi connectivity index (χ4n) is 1.96. The van der Waals surface area contributed by atoms with E-state index >= 15 is 0 Å². The number of carbonyl (C=O) groups is 1. The van der Waals surface area contributed by atoms with Crippen molar-refractivity contribution in [3.63, 3.8) is 0 Å². The Labute approximate surface area is 144 Å². The molecule has 0 fully saturated rings. The van der Waals surface area contributed by atoms with Gasteiger partial charge in [-0.1, -0.05) is 11.6 Å². The van der Waals surface area contributed by atoms with Gasteiger partial charge in [0.15, 0.2) is 11.5 Å². The highest BCUT2D eigenvalue weighted by atomic mass is 35.5. The first-order chi connectivity index (χ1) is 11.7. The molecule has 0 radical (unpaired) electrons. The number of alkyl halides is 3. The van der Waals surface area contributed by atoms with Crippen LogP contribution in [0.4, 0.5) is 13.2 Å². The molecule has 5 nitrogen and oxygen atoms in total. The van der Waals surface area contributed by atoms with Crippen molar-refractivity contribution in [3.05, 3.63) is 52.0 Å². The molecule has 0 aliphatic carbocycles. The van der Waals surface area contributed by atoms with Crippen LogP contribution in [0.25, 0.3) is 0 Å². The zero-order chi connectivity index (χ0) is 18.8. The Morgan fingerprint density at radius 3 is 2.40 bits per heavy atom. The highest BCUT2D eigenvalue weighted by molar-refractivity contribution is 6.31. The van der Waals surface area contributed by atoms with Gasteiger partial charge in [0.25, 0.3) is 0 Å². The Morgan fingerprint density at radius 1 is 1.20 bits per heavy atom. The number of ether oxygens (including phenoxy) is 2. The van der Waals surface area contributed by atoms with E-state index in [9.17, 15) is 23.1 Å². The lowest BCUT2D eigenvalue weighted by Crippen LogP contribution is -2.09. The van der Waals surface area contributed by atoms with Gasteiger partial charge >= 0.3 is 12.1 Å². The van der Waals surface area contributed by atoms with Crippen molar-refractivity contribution in [2.75, 3.05) is 7.11 Å². The Bertz CT molecular complexity index is 875. The van der Waals surface area contributed by atoms with Crippen LogP contribution >= 0.6 is 11.6 Å². The molecule has 0 heterocycles. The van der Waals surface area contributed by atoms with Crippen LogP contribution in [0.3, 0.4) is 0 Å². The van der Waals surface area contributed by atoms with E-state index in [-0.39, 0.29) is 17.1 Å². The van der Waals surface area contributed by atoms with E-state index in [0.717, 1.165) is 0 Å². The van der Waals surface area contributed by atoms with Gasteiger partial charge in [0.05, 0.1) is 29.3 Å². The number of benzene rings is 2. The fourth-order valence-corrected chi connectivity index (χ4v) is 2.23. The molecule has 2 aromatic rings. The van der Waals surface area contributed by atoms with Crippen LogP contribution in [0.15, 0.2) is 30.3 Å². The van der Waals surface area contributed by atoms with Crippen LogP contribution in [0, 0.1) is 11.3 Å². The Hall–Kier alpha value is -2.92. The molecule has 25 heavy (non-hydrogen) atoms. The largest absolute Gasteiger partial charge is 0.493 e. The zero-order valence-electron chi connectivity index (χ0n) is 12.5. The predicted molar refractivity (Wildman–Crippen MR) is 81.2 cm³/mol. The smallest absolute Gasteiger partial charge is 0.417 e. The summed E-state index contributed by atoms with van der Waals surface area (Å²) in [7, 11) is 1.27. The van der Waals surface area contributed by atoms with E-state index in [2.05, 4.69) is 0 Å². The molecule has 0 spiro atoms. The van der Waals surface area contributed by atoms with Crippen LogP contribution in [0.2, 0.25) is 5.02 Å². The van der Waals surface area contributed by atoms with Crippen molar-refractivity contribution in [2.24, 2.45) is 0 Å². The lowest BCUT2D eigenvalue weighted by atomic mass is 10.1. The van der Waals surface area contributed by atoms with E-state index in [4.69, 9.17) is 26.3 Å². The second-order valence-electron chi connectivity index (χ2n) is 4.71. The monoisotopic (exact) mass is 371 g/mol. The second kappa shape index (κ2) is 6.91. The number of aromatic carboxylic acids is 1. The van der Waals surface area contributed by atoms with Gasteiger partial charge in [0.1, 0.15) is 11.3 Å². The number of nitrogens with zero attached hydrogens (tertiary/aromatic N) is 1. The zero-order valence-corrected chi connectivity index (χ0v) is 13.3. The second-order valence-corrected chi connectivity index (χ2v) is 5.12. The van der Waals surface area contributed by atoms with E-state index < -0.39 is 34.0 Å². The predicted octanol–water partition coefficient (Wildman–Crippen LogP) is 4.73. The first-order valence-electron chi connectivity index (χ1n) is 6.57. The number of nitriles is 1. The van der Waals surface area contributed by atoms with Crippen molar-refractivity contribution < 1.29 is 32.5 Å². The Balaban J connectivity index is 2.59. The molecule has 2 aromatic carbocycles. The lowest BCUT2D eigenvalue weighted by Gasteiger charge is -2.15. The maximum absolute atomic E-state index is 13.0. The van der Waals surface area contributed by atoms with E-state index in [1.165, 1.54) is 25.3 Å². The average Bonchev–Trinajstić information content (AvgIpc) is 2.55. The molecule has 0 bridgehead atoms. The molecule has 0 aliphatic heterocycles. The Morgan fingerprint density at radius 2 is 1.88 bits per heavy atom. The van der Waals surface area contributed by atoms with Crippen LogP contribution in [-0.2, 0) is 6.18 Å². The standard InChI is InChI=1S/C16H9ClF3NO4/c1-24-14-4-8(7-21)2-3-12(14)25-13-6-10(16(18,19)20)11(17)5-9(13)15(22)23/h2-6H,1H3,(H,22,23). The molecule has 0 atom stereocenters. The maximum Gasteiger partial charge on any atom is 0.417 e. The van der Waals surface area contributed by atoms with Crippen molar-refractivity contribution >= 4 is 17.6 Å². The third-order valence-electron chi connectivity index (χ3n) is 3.12. The molecule has 1 N–H and O–H groups in total. The summed E-state index contributed by atoms with van der Waals surface area (Å²) in [4.78, 5) is 11.3. The van der Waals surface area contributed by atoms with Crippen molar-refractivity contribution in [1.82, 2.24) is 0 Å². The van der Waals surface area contributed by atoms with Crippen LogP contribution < -0.4 is 9.47 Å². The summed E-state index contributed by atoms with van der Waals surface area (Å²) < 4.78 is 49.3. The topological polar surface area (TPSA) is 79.5 Å². The van der Waals surface area contributed by atoms with Crippen LogP contribution in [0.1, 0.15) is 21.5 Å². The molecule has 0 amide bonds. The molecule has 130 valence electrons. The number of halogens is 4. The maximum atomic E-state index is 13.0. The number of rotatable bonds is 4. The third-order valence-corrected chi connectivity index (χ3v) is 3.43. The molecular weight excluding hydrogens is 363 g/mol. The minimum absolute atomic E-state index is 0.0545. The summed E-state index contributed by atoms with van der Waals surface area (Å²) in [5.74, 6) is -2.08. The highest BCUT2D eigenvalue weighted by Gasteiger charge is 2.35.